The zero-order valence-electron chi connectivity index (χ0n) is 13.5. The van der Waals surface area contributed by atoms with Gasteiger partial charge in [-0.2, -0.15) is 0 Å². The largest absolute Gasteiger partial charge is 0.377 e. The molecular weight excluding hydrogens is 238 g/mol. The summed E-state index contributed by atoms with van der Waals surface area (Å²) in [5.41, 5.74) is 0. The lowest BCUT2D eigenvalue weighted by molar-refractivity contribution is 0.0466. The first-order valence-corrected chi connectivity index (χ1v) is 8.14. The maximum atomic E-state index is 5.74. The Morgan fingerprint density at radius 3 is 1.53 bits per heavy atom. The maximum Gasteiger partial charge on any atom is 0.0671 e. The molecule has 0 rings (SSSR count). The Balaban J connectivity index is 3.30. The van der Waals surface area contributed by atoms with Crippen molar-refractivity contribution in [2.24, 2.45) is 0 Å². The van der Waals surface area contributed by atoms with E-state index in [0.29, 0.717) is 12.2 Å². The van der Waals surface area contributed by atoms with E-state index in [-0.39, 0.29) is 0 Å². The first-order valence-electron chi connectivity index (χ1n) is 8.14. The predicted molar refractivity (Wildman–Crippen MR) is 82.7 cm³/mol. The molecule has 2 atom stereocenters. The molecule has 116 valence electrons. The summed E-state index contributed by atoms with van der Waals surface area (Å²) in [6, 6.07) is 0. The number of hydrogen-bond acceptors (Lipinski definition) is 3. The third kappa shape index (κ3) is 14.1. The van der Waals surface area contributed by atoms with Gasteiger partial charge >= 0.3 is 0 Å². The topological polar surface area (TPSA) is 30.5 Å². The Bertz CT molecular complexity index is 158. The van der Waals surface area contributed by atoms with Crippen LogP contribution < -0.4 is 5.32 Å². The van der Waals surface area contributed by atoms with Crippen LogP contribution in [0.5, 0.6) is 0 Å². The van der Waals surface area contributed by atoms with Crippen molar-refractivity contribution >= 4 is 0 Å². The molecule has 0 amide bonds. The molecule has 3 nitrogen and oxygen atoms in total. The standard InChI is InChI=1S/C16H35NO2/c1-5-7-9-11-18-15(3)13-17-14-16(4)19-12-10-8-6-2/h15-17H,5-14H2,1-4H3. The van der Waals surface area contributed by atoms with Crippen molar-refractivity contribution in [1.29, 1.82) is 0 Å². The van der Waals surface area contributed by atoms with Gasteiger partial charge in [0.05, 0.1) is 12.2 Å². The van der Waals surface area contributed by atoms with E-state index in [1.807, 2.05) is 0 Å². The number of rotatable bonds is 14. The zero-order valence-corrected chi connectivity index (χ0v) is 13.5. The molecule has 0 saturated heterocycles. The summed E-state index contributed by atoms with van der Waals surface area (Å²) in [4.78, 5) is 0. The van der Waals surface area contributed by atoms with Crippen molar-refractivity contribution in [3.05, 3.63) is 0 Å². The summed E-state index contributed by atoms with van der Waals surface area (Å²) in [6.45, 7) is 12.3. The van der Waals surface area contributed by atoms with E-state index >= 15 is 0 Å². The fourth-order valence-corrected chi connectivity index (χ4v) is 1.88. The van der Waals surface area contributed by atoms with Crippen LogP contribution in [-0.2, 0) is 9.47 Å². The van der Waals surface area contributed by atoms with Crippen LogP contribution in [0.1, 0.15) is 66.2 Å². The lowest BCUT2D eigenvalue weighted by Gasteiger charge is -2.17. The van der Waals surface area contributed by atoms with Crippen molar-refractivity contribution in [2.75, 3.05) is 26.3 Å². The van der Waals surface area contributed by atoms with Gasteiger partial charge in [-0.3, -0.25) is 0 Å². The average molecular weight is 273 g/mol. The Labute approximate surface area is 120 Å². The molecule has 0 aromatic heterocycles. The highest BCUT2D eigenvalue weighted by atomic mass is 16.5. The first-order chi connectivity index (χ1) is 9.20. The van der Waals surface area contributed by atoms with E-state index in [1.165, 1.54) is 38.5 Å². The van der Waals surface area contributed by atoms with Gasteiger partial charge in [0.1, 0.15) is 0 Å². The second kappa shape index (κ2) is 14.3. The van der Waals surface area contributed by atoms with Crippen LogP contribution in [0, 0.1) is 0 Å². The number of unbranched alkanes of at least 4 members (excludes halogenated alkanes) is 4. The van der Waals surface area contributed by atoms with Crippen LogP contribution in [-0.4, -0.2) is 38.5 Å². The Morgan fingerprint density at radius 1 is 0.737 bits per heavy atom. The minimum atomic E-state index is 0.296. The minimum Gasteiger partial charge on any atom is -0.377 e. The van der Waals surface area contributed by atoms with Crippen LogP contribution in [0.3, 0.4) is 0 Å². The van der Waals surface area contributed by atoms with E-state index in [1.54, 1.807) is 0 Å². The van der Waals surface area contributed by atoms with Gasteiger partial charge in [0.25, 0.3) is 0 Å². The van der Waals surface area contributed by atoms with Gasteiger partial charge in [0, 0.05) is 26.3 Å². The molecule has 0 heterocycles. The summed E-state index contributed by atoms with van der Waals surface area (Å²) < 4.78 is 11.5. The number of hydrogen-bond donors (Lipinski definition) is 1. The molecule has 1 N–H and O–H groups in total. The Hall–Kier alpha value is -0.120. The highest BCUT2D eigenvalue weighted by Crippen LogP contribution is 1.99. The minimum absolute atomic E-state index is 0.296. The molecule has 3 heteroatoms. The van der Waals surface area contributed by atoms with Gasteiger partial charge in [-0.15, -0.1) is 0 Å². The molecule has 0 aliphatic heterocycles. The monoisotopic (exact) mass is 273 g/mol. The second-order valence-corrected chi connectivity index (χ2v) is 5.44. The zero-order chi connectivity index (χ0) is 14.3. The quantitative estimate of drug-likeness (QED) is 0.489. The Morgan fingerprint density at radius 2 is 1.16 bits per heavy atom. The van der Waals surface area contributed by atoms with E-state index in [2.05, 4.69) is 33.0 Å². The van der Waals surface area contributed by atoms with E-state index in [9.17, 15) is 0 Å². The summed E-state index contributed by atoms with van der Waals surface area (Å²) in [6.07, 6.45) is 7.99. The highest BCUT2D eigenvalue weighted by Gasteiger charge is 2.04. The lowest BCUT2D eigenvalue weighted by Crippen LogP contribution is -2.33. The molecule has 0 saturated carbocycles. The van der Waals surface area contributed by atoms with Gasteiger partial charge in [-0.1, -0.05) is 39.5 Å². The smallest absolute Gasteiger partial charge is 0.0671 e. The molecule has 19 heavy (non-hydrogen) atoms. The van der Waals surface area contributed by atoms with Gasteiger partial charge in [-0.25, -0.2) is 0 Å². The molecule has 0 spiro atoms. The van der Waals surface area contributed by atoms with Gasteiger partial charge in [0.15, 0.2) is 0 Å². The molecular formula is C16H35NO2. The Kier molecular flexibility index (Phi) is 14.2. The molecule has 0 radical (unpaired) electrons. The van der Waals surface area contributed by atoms with Gasteiger partial charge in [-0.05, 0) is 26.7 Å². The molecule has 0 aromatic rings. The summed E-state index contributed by atoms with van der Waals surface area (Å²) in [5, 5.41) is 3.42. The van der Waals surface area contributed by atoms with Gasteiger partial charge in [0.2, 0.25) is 0 Å². The number of nitrogens with one attached hydrogen (secondary N) is 1. The van der Waals surface area contributed by atoms with Gasteiger partial charge < -0.3 is 14.8 Å². The van der Waals surface area contributed by atoms with E-state index < -0.39 is 0 Å². The maximum absolute atomic E-state index is 5.74. The van der Waals surface area contributed by atoms with Crippen molar-refractivity contribution in [1.82, 2.24) is 5.32 Å². The molecule has 0 fully saturated rings. The lowest BCUT2D eigenvalue weighted by atomic mass is 10.2. The summed E-state index contributed by atoms with van der Waals surface area (Å²) >= 11 is 0. The van der Waals surface area contributed by atoms with Crippen LogP contribution in [0.4, 0.5) is 0 Å². The van der Waals surface area contributed by atoms with Crippen LogP contribution in [0.15, 0.2) is 0 Å². The fraction of sp³-hybridized carbons (Fsp3) is 1.00. The number of ether oxygens (including phenoxy) is 2. The predicted octanol–water partition coefficient (Wildman–Crippen LogP) is 3.77. The van der Waals surface area contributed by atoms with Crippen LogP contribution in [0.2, 0.25) is 0 Å². The fourth-order valence-electron chi connectivity index (χ4n) is 1.88. The van der Waals surface area contributed by atoms with Crippen molar-refractivity contribution in [3.63, 3.8) is 0 Å². The first kappa shape index (κ1) is 18.9. The van der Waals surface area contributed by atoms with Crippen LogP contribution >= 0.6 is 0 Å². The summed E-state index contributed by atoms with van der Waals surface area (Å²) in [7, 11) is 0. The van der Waals surface area contributed by atoms with E-state index in [4.69, 9.17) is 9.47 Å². The normalized spacial score (nSPS) is 14.5. The second-order valence-electron chi connectivity index (χ2n) is 5.44. The van der Waals surface area contributed by atoms with E-state index in [0.717, 1.165) is 26.3 Å². The van der Waals surface area contributed by atoms with Crippen LogP contribution in [0.25, 0.3) is 0 Å². The third-order valence-corrected chi connectivity index (χ3v) is 3.16. The molecule has 0 aromatic carbocycles. The molecule has 0 aliphatic rings. The van der Waals surface area contributed by atoms with Crippen molar-refractivity contribution in [3.8, 4) is 0 Å². The van der Waals surface area contributed by atoms with Crippen molar-refractivity contribution < 1.29 is 9.47 Å². The third-order valence-electron chi connectivity index (χ3n) is 3.16. The average Bonchev–Trinajstić information content (AvgIpc) is 2.40. The highest BCUT2D eigenvalue weighted by molar-refractivity contribution is 4.60. The summed E-state index contributed by atoms with van der Waals surface area (Å²) in [5.74, 6) is 0. The SMILES string of the molecule is CCCCCOC(C)CNCC(C)OCCCCC. The molecule has 2 unspecified atom stereocenters. The molecule has 0 aliphatic carbocycles. The van der Waals surface area contributed by atoms with Crippen molar-refractivity contribution in [2.45, 2.75) is 78.4 Å². The molecule has 0 bridgehead atoms.